The maximum atomic E-state index is 13.4. The Morgan fingerprint density at radius 3 is 2.62 bits per heavy atom. The minimum Gasteiger partial charge on any atom is -0.379 e. The van der Waals surface area contributed by atoms with Gasteiger partial charge >= 0.3 is 0 Å². The number of nitrogens with one attached hydrogen (secondary N) is 2. The van der Waals surface area contributed by atoms with Crippen LogP contribution in [-0.2, 0) is 16.0 Å². The monoisotopic (exact) mass is 462 g/mol. The quantitative estimate of drug-likeness (QED) is 0.258. The molecule has 1 aliphatic heterocycles. The van der Waals surface area contributed by atoms with Gasteiger partial charge < -0.3 is 14.6 Å². The molecule has 0 spiro atoms. The molecule has 0 saturated carbocycles. The van der Waals surface area contributed by atoms with Gasteiger partial charge in [-0.25, -0.2) is 5.48 Å². The Morgan fingerprint density at radius 1 is 1.09 bits per heavy atom. The first kappa shape index (κ1) is 23.7. The summed E-state index contributed by atoms with van der Waals surface area (Å²) in [5.74, 6) is -0.622. The summed E-state index contributed by atoms with van der Waals surface area (Å²) < 4.78 is 5.44. The highest BCUT2D eigenvalue weighted by atomic mass is 16.5. The highest BCUT2D eigenvalue weighted by Crippen LogP contribution is 2.19. The average molecular weight is 463 g/mol. The van der Waals surface area contributed by atoms with Crippen molar-refractivity contribution in [2.75, 3.05) is 45.9 Å². The number of rotatable bonds is 9. The maximum Gasteiger partial charge on any atom is 0.267 e. The number of aromatic nitrogens is 1. The molecule has 8 nitrogen and oxygen atoms in total. The standard InChI is InChI=1S/C26H30N4O4/c31-25(28-33)10-7-20-5-8-21(9-6-20)26(32)30(14-13-29-15-17-34-18-16-29)12-11-22-19-27-24-4-2-1-3-23(22)24/h1-10,19,27,33H,11-18H2,(H,28,31). The number of nitrogens with zero attached hydrogens (tertiary/aromatic N) is 2. The van der Waals surface area contributed by atoms with E-state index in [0.29, 0.717) is 18.7 Å². The molecule has 3 N–H and O–H groups in total. The number of hydrogen-bond donors (Lipinski definition) is 3. The van der Waals surface area contributed by atoms with Gasteiger partial charge in [0.05, 0.1) is 13.2 Å². The minimum absolute atomic E-state index is 0.0169. The van der Waals surface area contributed by atoms with Crippen LogP contribution in [0.1, 0.15) is 21.5 Å². The Balaban J connectivity index is 1.46. The molecule has 0 bridgehead atoms. The number of amides is 2. The van der Waals surface area contributed by atoms with Crippen molar-refractivity contribution in [2.45, 2.75) is 6.42 Å². The van der Waals surface area contributed by atoms with Crippen LogP contribution in [0.25, 0.3) is 17.0 Å². The van der Waals surface area contributed by atoms with E-state index in [0.717, 1.165) is 50.3 Å². The van der Waals surface area contributed by atoms with Crippen LogP contribution < -0.4 is 5.48 Å². The summed E-state index contributed by atoms with van der Waals surface area (Å²) in [7, 11) is 0. The number of H-pyrrole nitrogens is 1. The lowest BCUT2D eigenvalue weighted by atomic mass is 10.1. The van der Waals surface area contributed by atoms with Crippen molar-refractivity contribution in [3.8, 4) is 0 Å². The van der Waals surface area contributed by atoms with Gasteiger partial charge in [0.1, 0.15) is 0 Å². The smallest absolute Gasteiger partial charge is 0.267 e. The molecule has 0 aliphatic carbocycles. The van der Waals surface area contributed by atoms with Crippen molar-refractivity contribution in [1.82, 2.24) is 20.3 Å². The molecule has 1 aromatic heterocycles. The van der Waals surface area contributed by atoms with Crippen LogP contribution in [0.5, 0.6) is 0 Å². The van der Waals surface area contributed by atoms with Crippen LogP contribution >= 0.6 is 0 Å². The molecule has 178 valence electrons. The summed E-state index contributed by atoms with van der Waals surface area (Å²) in [6.45, 7) is 5.28. The van der Waals surface area contributed by atoms with Crippen LogP contribution in [0.2, 0.25) is 0 Å². The number of hydrogen-bond acceptors (Lipinski definition) is 5. The molecule has 0 radical (unpaired) electrons. The van der Waals surface area contributed by atoms with Gasteiger partial charge in [-0.3, -0.25) is 19.7 Å². The van der Waals surface area contributed by atoms with Crippen molar-refractivity contribution in [2.24, 2.45) is 0 Å². The van der Waals surface area contributed by atoms with Crippen LogP contribution in [0.15, 0.2) is 60.8 Å². The zero-order valence-electron chi connectivity index (χ0n) is 19.1. The van der Waals surface area contributed by atoms with E-state index in [1.165, 1.54) is 17.0 Å². The van der Waals surface area contributed by atoms with Crippen LogP contribution in [0.3, 0.4) is 0 Å². The molecule has 1 aliphatic rings. The molecule has 34 heavy (non-hydrogen) atoms. The number of aromatic amines is 1. The summed E-state index contributed by atoms with van der Waals surface area (Å²) in [5.41, 5.74) is 5.22. The molecule has 1 fully saturated rings. The SMILES string of the molecule is O=C(C=Cc1ccc(C(=O)N(CCc2c[nH]c3ccccc23)CCN2CCOCC2)cc1)NO. The topological polar surface area (TPSA) is 97.9 Å². The molecule has 2 amide bonds. The molecule has 2 heterocycles. The lowest BCUT2D eigenvalue weighted by molar-refractivity contribution is -0.124. The molecule has 0 unspecified atom stereocenters. The lowest BCUT2D eigenvalue weighted by Crippen LogP contribution is -2.43. The van der Waals surface area contributed by atoms with Gasteiger partial charge in [-0.05, 0) is 41.8 Å². The number of para-hydroxylation sites is 1. The van der Waals surface area contributed by atoms with E-state index in [1.807, 2.05) is 23.2 Å². The fourth-order valence-electron chi connectivity index (χ4n) is 4.12. The van der Waals surface area contributed by atoms with Gasteiger partial charge in [0, 0.05) is 61.5 Å². The minimum atomic E-state index is -0.605. The summed E-state index contributed by atoms with van der Waals surface area (Å²) in [6, 6.07) is 15.3. The third kappa shape index (κ3) is 6.11. The van der Waals surface area contributed by atoms with Crippen molar-refractivity contribution < 1.29 is 19.5 Å². The zero-order chi connectivity index (χ0) is 23.8. The van der Waals surface area contributed by atoms with Gasteiger partial charge in [0.2, 0.25) is 0 Å². The Labute approximate surface area is 198 Å². The molecule has 1 saturated heterocycles. The van der Waals surface area contributed by atoms with E-state index in [2.05, 4.69) is 22.0 Å². The predicted molar refractivity (Wildman–Crippen MR) is 131 cm³/mol. The number of hydroxylamine groups is 1. The van der Waals surface area contributed by atoms with Crippen molar-refractivity contribution >= 4 is 28.8 Å². The van der Waals surface area contributed by atoms with Crippen LogP contribution in [0.4, 0.5) is 0 Å². The second-order valence-corrected chi connectivity index (χ2v) is 8.29. The highest BCUT2D eigenvalue weighted by molar-refractivity contribution is 5.95. The molecule has 4 rings (SSSR count). The molecule has 0 atom stereocenters. The second-order valence-electron chi connectivity index (χ2n) is 8.29. The fourth-order valence-corrected chi connectivity index (χ4v) is 4.12. The van der Waals surface area contributed by atoms with E-state index in [1.54, 1.807) is 35.8 Å². The highest BCUT2D eigenvalue weighted by Gasteiger charge is 2.19. The van der Waals surface area contributed by atoms with E-state index < -0.39 is 5.91 Å². The van der Waals surface area contributed by atoms with Gasteiger partial charge in [0.25, 0.3) is 11.8 Å². The molecule has 3 aromatic rings. The Bertz CT molecular complexity index is 1130. The van der Waals surface area contributed by atoms with Gasteiger partial charge in [0.15, 0.2) is 0 Å². The third-order valence-electron chi connectivity index (χ3n) is 6.10. The van der Waals surface area contributed by atoms with E-state index >= 15 is 0 Å². The van der Waals surface area contributed by atoms with E-state index in [-0.39, 0.29) is 5.91 Å². The number of carbonyl (C=O) groups is 2. The Hall–Kier alpha value is -3.46. The summed E-state index contributed by atoms with van der Waals surface area (Å²) >= 11 is 0. The third-order valence-corrected chi connectivity index (χ3v) is 6.10. The average Bonchev–Trinajstić information content (AvgIpc) is 3.31. The normalized spacial score (nSPS) is 14.5. The number of morpholine rings is 1. The Morgan fingerprint density at radius 2 is 1.85 bits per heavy atom. The van der Waals surface area contributed by atoms with Gasteiger partial charge in [-0.15, -0.1) is 0 Å². The fraction of sp³-hybridized carbons (Fsp3) is 0.308. The molecule has 2 aromatic carbocycles. The number of ether oxygens (including phenoxy) is 1. The lowest BCUT2D eigenvalue weighted by Gasteiger charge is -2.30. The zero-order valence-corrected chi connectivity index (χ0v) is 19.1. The first-order valence-corrected chi connectivity index (χ1v) is 11.5. The molecule has 8 heteroatoms. The van der Waals surface area contributed by atoms with E-state index in [4.69, 9.17) is 9.94 Å². The van der Waals surface area contributed by atoms with Crippen molar-refractivity contribution in [3.63, 3.8) is 0 Å². The largest absolute Gasteiger partial charge is 0.379 e. The van der Waals surface area contributed by atoms with Crippen LogP contribution in [-0.4, -0.2) is 77.7 Å². The molecular formula is C26H30N4O4. The number of benzene rings is 2. The van der Waals surface area contributed by atoms with Crippen molar-refractivity contribution in [3.05, 3.63) is 77.5 Å². The van der Waals surface area contributed by atoms with Crippen molar-refractivity contribution in [1.29, 1.82) is 0 Å². The van der Waals surface area contributed by atoms with Gasteiger partial charge in [-0.2, -0.15) is 0 Å². The van der Waals surface area contributed by atoms with Crippen LogP contribution in [0, 0.1) is 0 Å². The first-order valence-electron chi connectivity index (χ1n) is 11.5. The first-order chi connectivity index (χ1) is 16.6. The number of carbonyl (C=O) groups excluding carboxylic acids is 2. The van der Waals surface area contributed by atoms with E-state index in [9.17, 15) is 9.59 Å². The predicted octanol–water partition coefficient (Wildman–Crippen LogP) is 2.70. The molecular weight excluding hydrogens is 432 g/mol. The summed E-state index contributed by atoms with van der Waals surface area (Å²) in [4.78, 5) is 32.2. The second kappa shape index (κ2) is 11.6. The summed E-state index contributed by atoms with van der Waals surface area (Å²) in [6.07, 6.45) is 5.59. The maximum absolute atomic E-state index is 13.4. The Kier molecular flexibility index (Phi) is 8.08. The summed E-state index contributed by atoms with van der Waals surface area (Å²) in [5, 5.41) is 9.79. The van der Waals surface area contributed by atoms with Gasteiger partial charge in [-0.1, -0.05) is 30.3 Å². The number of fused-ring (bicyclic) bond motifs is 1.